The molecule has 0 saturated heterocycles. The molecule has 0 amide bonds. The van der Waals surface area contributed by atoms with Gasteiger partial charge in [0.25, 0.3) is 5.56 Å². The average molecular weight is 317 g/mol. The Kier molecular flexibility index (Phi) is 4.27. The topological polar surface area (TPSA) is 53.4 Å². The quantitative estimate of drug-likeness (QED) is 0.787. The first-order valence-corrected chi connectivity index (χ1v) is 7.57. The van der Waals surface area contributed by atoms with Gasteiger partial charge in [0.15, 0.2) is 5.65 Å². The van der Waals surface area contributed by atoms with E-state index in [-0.39, 0.29) is 5.56 Å². The Hall–Kier alpha value is -2.11. The van der Waals surface area contributed by atoms with Crippen molar-refractivity contribution in [1.29, 1.82) is 0 Å². The highest BCUT2D eigenvalue weighted by atomic mass is 35.5. The van der Waals surface area contributed by atoms with Gasteiger partial charge in [-0.3, -0.25) is 14.8 Å². The summed E-state index contributed by atoms with van der Waals surface area (Å²) in [6.45, 7) is 4.26. The second-order valence-electron chi connectivity index (χ2n) is 5.14. The van der Waals surface area contributed by atoms with E-state index in [4.69, 9.17) is 11.6 Å². The van der Waals surface area contributed by atoms with Gasteiger partial charge in [-0.15, -0.1) is 0 Å². The van der Waals surface area contributed by atoms with Crippen molar-refractivity contribution in [2.75, 3.05) is 6.54 Å². The molecule has 1 N–H and O–H groups in total. The van der Waals surface area contributed by atoms with Crippen molar-refractivity contribution in [3.05, 3.63) is 69.2 Å². The molecule has 3 rings (SSSR count). The number of nitrogens with one attached hydrogen (secondary N) is 1. The first kappa shape index (κ1) is 14.8. The predicted molar refractivity (Wildman–Crippen MR) is 87.1 cm³/mol. The van der Waals surface area contributed by atoms with Crippen molar-refractivity contribution in [2.24, 2.45) is 0 Å². The number of aromatic amines is 1. The van der Waals surface area contributed by atoms with Crippen molar-refractivity contribution in [1.82, 2.24) is 19.5 Å². The minimum absolute atomic E-state index is 0.0983. The third-order valence-electron chi connectivity index (χ3n) is 3.62. The van der Waals surface area contributed by atoms with Crippen LogP contribution in [0.3, 0.4) is 0 Å². The van der Waals surface area contributed by atoms with E-state index < -0.39 is 0 Å². The fourth-order valence-electron chi connectivity index (χ4n) is 2.43. The Bertz CT molecular complexity index is 839. The summed E-state index contributed by atoms with van der Waals surface area (Å²) in [6, 6.07) is 11.2. The Morgan fingerprint density at radius 2 is 2.09 bits per heavy atom. The van der Waals surface area contributed by atoms with Crippen LogP contribution in [0.25, 0.3) is 5.65 Å². The highest BCUT2D eigenvalue weighted by Crippen LogP contribution is 2.17. The van der Waals surface area contributed by atoms with Gasteiger partial charge in [-0.25, -0.2) is 9.50 Å². The van der Waals surface area contributed by atoms with Crippen molar-refractivity contribution in [2.45, 2.75) is 20.0 Å². The molecule has 3 aromatic rings. The molecule has 0 aliphatic carbocycles. The number of aromatic nitrogens is 3. The maximum absolute atomic E-state index is 12.0. The zero-order valence-corrected chi connectivity index (χ0v) is 13.0. The van der Waals surface area contributed by atoms with Crippen LogP contribution < -0.4 is 5.56 Å². The molecule has 2 heterocycles. The van der Waals surface area contributed by atoms with Crippen LogP contribution in [0.4, 0.5) is 0 Å². The third-order valence-corrected chi connectivity index (χ3v) is 3.99. The SMILES string of the molecule is CCN(Cc1cc(=O)n2[nH]ccc2n1)Cc1ccccc1Cl. The number of H-pyrrole nitrogens is 1. The van der Waals surface area contributed by atoms with E-state index in [1.54, 1.807) is 18.3 Å². The number of nitrogens with zero attached hydrogens (tertiary/aromatic N) is 3. The van der Waals surface area contributed by atoms with Crippen LogP contribution in [0.1, 0.15) is 18.2 Å². The van der Waals surface area contributed by atoms with Crippen LogP contribution in [0.15, 0.2) is 47.4 Å². The molecule has 2 aromatic heterocycles. The van der Waals surface area contributed by atoms with E-state index in [9.17, 15) is 4.79 Å². The van der Waals surface area contributed by atoms with Gasteiger partial charge in [0.05, 0.1) is 5.69 Å². The monoisotopic (exact) mass is 316 g/mol. The molecular weight excluding hydrogens is 300 g/mol. The molecule has 114 valence electrons. The summed E-state index contributed by atoms with van der Waals surface area (Å²) in [5, 5.41) is 3.60. The van der Waals surface area contributed by atoms with Crippen LogP contribution in [-0.2, 0) is 13.1 Å². The maximum atomic E-state index is 12.0. The summed E-state index contributed by atoms with van der Waals surface area (Å²) < 4.78 is 1.42. The summed E-state index contributed by atoms with van der Waals surface area (Å²) in [7, 11) is 0. The van der Waals surface area contributed by atoms with E-state index in [2.05, 4.69) is 21.9 Å². The molecule has 0 aliphatic rings. The standard InChI is InChI=1S/C16H17ClN4O/c1-2-20(10-12-5-3-4-6-14(12)17)11-13-9-16(22)21-15(19-13)7-8-18-21/h3-9,18H,2,10-11H2,1H3. The van der Waals surface area contributed by atoms with Gasteiger partial charge in [0.1, 0.15) is 0 Å². The highest BCUT2D eigenvalue weighted by molar-refractivity contribution is 6.31. The lowest BCUT2D eigenvalue weighted by Gasteiger charge is -2.20. The molecular formula is C16H17ClN4O. The minimum Gasteiger partial charge on any atom is -0.297 e. The Labute approximate surface area is 133 Å². The Balaban J connectivity index is 1.82. The predicted octanol–water partition coefficient (Wildman–Crippen LogP) is 2.70. The first-order valence-electron chi connectivity index (χ1n) is 7.19. The highest BCUT2D eigenvalue weighted by Gasteiger charge is 2.10. The van der Waals surface area contributed by atoms with Crippen LogP contribution >= 0.6 is 11.6 Å². The first-order chi connectivity index (χ1) is 10.7. The summed E-state index contributed by atoms with van der Waals surface area (Å²) >= 11 is 6.22. The lowest BCUT2D eigenvalue weighted by Crippen LogP contribution is -2.25. The van der Waals surface area contributed by atoms with Crippen molar-refractivity contribution in [3.63, 3.8) is 0 Å². The summed E-state index contributed by atoms with van der Waals surface area (Å²) in [5.74, 6) is 0. The van der Waals surface area contributed by atoms with E-state index in [1.807, 2.05) is 24.3 Å². The normalized spacial score (nSPS) is 11.4. The van der Waals surface area contributed by atoms with Crippen molar-refractivity contribution < 1.29 is 0 Å². The second-order valence-corrected chi connectivity index (χ2v) is 5.54. The van der Waals surface area contributed by atoms with Crippen LogP contribution in [0.2, 0.25) is 5.02 Å². The van der Waals surface area contributed by atoms with E-state index in [0.29, 0.717) is 12.2 Å². The molecule has 0 fully saturated rings. The minimum atomic E-state index is -0.0983. The lowest BCUT2D eigenvalue weighted by molar-refractivity contribution is 0.268. The van der Waals surface area contributed by atoms with E-state index in [1.165, 1.54) is 4.52 Å². The molecule has 6 heteroatoms. The number of fused-ring (bicyclic) bond motifs is 1. The largest absolute Gasteiger partial charge is 0.297 e. The maximum Gasteiger partial charge on any atom is 0.272 e. The molecule has 5 nitrogen and oxygen atoms in total. The summed E-state index contributed by atoms with van der Waals surface area (Å²) in [5.41, 5.74) is 2.37. The Morgan fingerprint density at radius 1 is 1.27 bits per heavy atom. The van der Waals surface area contributed by atoms with Gasteiger partial charge in [-0.2, -0.15) is 0 Å². The molecule has 22 heavy (non-hydrogen) atoms. The molecule has 1 aromatic carbocycles. The van der Waals surface area contributed by atoms with Crippen molar-refractivity contribution >= 4 is 17.2 Å². The molecule has 0 atom stereocenters. The van der Waals surface area contributed by atoms with Gasteiger partial charge in [0, 0.05) is 36.4 Å². The van der Waals surface area contributed by atoms with Gasteiger partial charge < -0.3 is 0 Å². The molecule has 0 bridgehead atoms. The van der Waals surface area contributed by atoms with Crippen LogP contribution in [0.5, 0.6) is 0 Å². The molecule has 0 radical (unpaired) electrons. The zero-order chi connectivity index (χ0) is 15.5. The van der Waals surface area contributed by atoms with Gasteiger partial charge in [-0.05, 0) is 18.2 Å². The van der Waals surface area contributed by atoms with E-state index in [0.717, 1.165) is 29.4 Å². The van der Waals surface area contributed by atoms with Gasteiger partial charge >= 0.3 is 0 Å². The average Bonchev–Trinajstić information content (AvgIpc) is 2.97. The zero-order valence-electron chi connectivity index (χ0n) is 12.3. The third kappa shape index (κ3) is 3.05. The molecule has 0 aliphatic heterocycles. The molecule has 0 unspecified atom stereocenters. The number of halogens is 1. The summed E-state index contributed by atoms with van der Waals surface area (Å²) in [6.07, 6.45) is 1.70. The number of benzene rings is 1. The molecule has 0 spiro atoms. The van der Waals surface area contributed by atoms with E-state index >= 15 is 0 Å². The second kappa shape index (κ2) is 6.34. The smallest absolute Gasteiger partial charge is 0.272 e. The van der Waals surface area contributed by atoms with Crippen molar-refractivity contribution in [3.8, 4) is 0 Å². The Morgan fingerprint density at radius 3 is 2.86 bits per heavy atom. The number of hydrogen-bond acceptors (Lipinski definition) is 3. The fraction of sp³-hybridized carbons (Fsp3) is 0.250. The molecule has 0 saturated carbocycles. The van der Waals surface area contributed by atoms with Crippen LogP contribution in [0, 0.1) is 0 Å². The lowest BCUT2D eigenvalue weighted by atomic mass is 10.2. The number of rotatable bonds is 5. The van der Waals surface area contributed by atoms with Gasteiger partial charge in [-0.1, -0.05) is 36.7 Å². The summed E-state index contributed by atoms with van der Waals surface area (Å²) in [4.78, 5) is 18.7. The van der Waals surface area contributed by atoms with Gasteiger partial charge in [0.2, 0.25) is 0 Å². The van der Waals surface area contributed by atoms with Crippen LogP contribution in [-0.4, -0.2) is 26.0 Å². The number of hydrogen-bond donors (Lipinski definition) is 1. The fourth-order valence-corrected chi connectivity index (χ4v) is 2.63.